The van der Waals surface area contributed by atoms with Crippen LogP contribution in [0.5, 0.6) is 0 Å². The molecule has 314 valence electrons. The number of allylic oxidation sites excluding steroid dienone is 3. The van der Waals surface area contributed by atoms with Gasteiger partial charge in [-0.15, -0.1) is 0 Å². The first kappa shape index (κ1) is 52.0. The highest BCUT2D eigenvalue weighted by Crippen LogP contribution is 2.43. The van der Waals surface area contributed by atoms with E-state index in [1.54, 1.807) is 6.08 Å². The van der Waals surface area contributed by atoms with Gasteiger partial charge in [-0.25, -0.2) is 4.57 Å². The topological polar surface area (TPSA) is 105 Å². The maximum Gasteiger partial charge on any atom is 0.472 e. The van der Waals surface area contributed by atoms with E-state index in [1.165, 1.54) is 141 Å². The van der Waals surface area contributed by atoms with Crippen LogP contribution in [-0.2, 0) is 18.4 Å². The fourth-order valence-electron chi connectivity index (χ4n) is 6.33. The third-order valence-electron chi connectivity index (χ3n) is 9.92. The Morgan fingerprint density at radius 2 is 1.02 bits per heavy atom. The van der Waals surface area contributed by atoms with Crippen molar-refractivity contribution in [3.05, 3.63) is 24.3 Å². The molecule has 0 heterocycles. The maximum absolute atomic E-state index is 12.9. The Kier molecular flexibility index (Phi) is 35.9. The van der Waals surface area contributed by atoms with Crippen molar-refractivity contribution in [3.63, 3.8) is 0 Å². The zero-order valence-electron chi connectivity index (χ0n) is 35.5. The maximum atomic E-state index is 12.9. The molecule has 0 aliphatic carbocycles. The van der Waals surface area contributed by atoms with Crippen molar-refractivity contribution < 1.29 is 32.9 Å². The number of aliphatic hydroxyl groups is 1. The lowest BCUT2D eigenvalue weighted by atomic mass is 10.0. The van der Waals surface area contributed by atoms with Crippen molar-refractivity contribution in [1.82, 2.24) is 5.32 Å². The first-order chi connectivity index (χ1) is 25.5. The average Bonchev–Trinajstić information content (AvgIpc) is 3.10. The Balaban J connectivity index is 4.42. The van der Waals surface area contributed by atoms with Gasteiger partial charge in [-0.05, 0) is 44.9 Å². The van der Waals surface area contributed by atoms with Gasteiger partial charge < -0.3 is 19.8 Å². The number of phosphoric ester groups is 1. The molecule has 0 aromatic rings. The van der Waals surface area contributed by atoms with E-state index in [1.807, 2.05) is 27.2 Å². The summed E-state index contributed by atoms with van der Waals surface area (Å²) in [7, 11) is 1.57. The molecule has 0 bridgehead atoms. The molecular formula is C44H88N2O6P+. The summed E-state index contributed by atoms with van der Waals surface area (Å²) in [6.07, 6.45) is 42.4. The van der Waals surface area contributed by atoms with Crippen LogP contribution < -0.4 is 5.32 Å². The molecule has 0 aromatic carbocycles. The van der Waals surface area contributed by atoms with Gasteiger partial charge in [0.2, 0.25) is 5.91 Å². The Bertz CT molecular complexity index is 922. The standard InChI is InChI=1S/C44H87N2O6P/c1-6-8-10-12-14-16-18-20-22-23-24-26-28-30-32-34-36-38-44(48)45-42(41-52-53(49,50)51-40-39-46(3,4)5)43(47)37-35-33-31-29-27-25-21-19-17-15-13-11-9-7-2/h20,22,35,37,42-43,47H,6-19,21,23-34,36,38-41H2,1-5H3,(H-,45,48,49,50)/p+1/b22-20-,37-35+. The number of likely N-dealkylation sites (N-methyl/N-ethyl adjacent to an activating group) is 1. The molecule has 0 aliphatic heterocycles. The largest absolute Gasteiger partial charge is 0.472 e. The van der Waals surface area contributed by atoms with E-state index < -0.39 is 20.0 Å². The number of carbonyl (C=O) groups excluding carboxylic acids is 1. The zero-order chi connectivity index (χ0) is 39.3. The van der Waals surface area contributed by atoms with Gasteiger partial charge in [0, 0.05) is 6.42 Å². The summed E-state index contributed by atoms with van der Waals surface area (Å²) in [5.41, 5.74) is 0. The fraction of sp³-hybridized carbons (Fsp3) is 0.886. The van der Waals surface area contributed by atoms with E-state index in [0.29, 0.717) is 17.4 Å². The number of hydrogen-bond donors (Lipinski definition) is 3. The molecule has 0 saturated heterocycles. The second kappa shape index (κ2) is 36.6. The Morgan fingerprint density at radius 1 is 0.623 bits per heavy atom. The molecule has 0 radical (unpaired) electrons. The highest BCUT2D eigenvalue weighted by atomic mass is 31.2. The van der Waals surface area contributed by atoms with Crippen LogP contribution in [-0.4, -0.2) is 73.4 Å². The van der Waals surface area contributed by atoms with E-state index >= 15 is 0 Å². The van der Waals surface area contributed by atoms with Crippen LogP contribution in [0.1, 0.15) is 200 Å². The number of amides is 1. The van der Waals surface area contributed by atoms with Crippen molar-refractivity contribution in [2.45, 2.75) is 212 Å². The second-order valence-electron chi connectivity index (χ2n) is 16.4. The Hall–Kier alpha value is -1.02. The second-order valence-corrected chi connectivity index (χ2v) is 17.9. The number of quaternary nitrogens is 1. The molecule has 1 amide bonds. The van der Waals surface area contributed by atoms with Crippen LogP contribution in [0, 0.1) is 0 Å². The molecule has 0 saturated carbocycles. The van der Waals surface area contributed by atoms with Gasteiger partial charge in [0.25, 0.3) is 0 Å². The van der Waals surface area contributed by atoms with Crippen molar-refractivity contribution in [2.75, 3.05) is 40.9 Å². The quantitative estimate of drug-likeness (QED) is 0.0248. The fourth-order valence-corrected chi connectivity index (χ4v) is 7.07. The molecule has 0 aromatic heterocycles. The number of aliphatic hydroxyl groups excluding tert-OH is 1. The normalized spacial score (nSPS) is 14.6. The Morgan fingerprint density at radius 3 is 1.45 bits per heavy atom. The van der Waals surface area contributed by atoms with Gasteiger partial charge in [-0.2, -0.15) is 0 Å². The number of rotatable bonds is 40. The van der Waals surface area contributed by atoms with Crippen LogP contribution in [0.4, 0.5) is 0 Å². The van der Waals surface area contributed by atoms with Gasteiger partial charge in [0.05, 0.1) is 39.9 Å². The number of nitrogens with one attached hydrogen (secondary N) is 1. The third-order valence-corrected chi connectivity index (χ3v) is 10.9. The minimum absolute atomic E-state index is 0.0617. The number of phosphoric acid groups is 1. The number of hydrogen-bond acceptors (Lipinski definition) is 5. The van der Waals surface area contributed by atoms with Gasteiger partial charge >= 0.3 is 7.82 Å². The van der Waals surface area contributed by atoms with E-state index in [4.69, 9.17) is 9.05 Å². The molecule has 0 rings (SSSR count). The summed E-state index contributed by atoms with van der Waals surface area (Å²) < 4.78 is 23.5. The first-order valence-corrected chi connectivity index (χ1v) is 23.7. The lowest BCUT2D eigenvalue weighted by Gasteiger charge is -2.25. The van der Waals surface area contributed by atoms with Gasteiger partial charge in [-0.3, -0.25) is 13.8 Å². The molecule has 0 spiro atoms. The van der Waals surface area contributed by atoms with Crippen LogP contribution in [0.2, 0.25) is 0 Å². The summed E-state index contributed by atoms with van der Waals surface area (Å²) in [4.78, 5) is 23.1. The van der Waals surface area contributed by atoms with Crippen molar-refractivity contribution in [3.8, 4) is 0 Å². The van der Waals surface area contributed by atoms with Gasteiger partial charge in [-0.1, -0.05) is 173 Å². The number of unbranched alkanes of at least 4 members (excludes halogenated alkanes) is 25. The predicted octanol–water partition coefficient (Wildman–Crippen LogP) is 12.1. The van der Waals surface area contributed by atoms with Crippen LogP contribution in [0.3, 0.4) is 0 Å². The zero-order valence-corrected chi connectivity index (χ0v) is 36.4. The predicted molar refractivity (Wildman–Crippen MR) is 226 cm³/mol. The molecule has 0 aliphatic rings. The van der Waals surface area contributed by atoms with Crippen molar-refractivity contribution in [2.24, 2.45) is 0 Å². The molecule has 0 fully saturated rings. The lowest BCUT2D eigenvalue weighted by molar-refractivity contribution is -0.870. The summed E-state index contributed by atoms with van der Waals surface area (Å²) in [5, 5.41) is 13.8. The van der Waals surface area contributed by atoms with Crippen LogP contribution >= 0.6 is 7.82 Å². The minimum Gasteiger partial charge on any atom is -0.387 e. The van der Waals surface area contributed by atoms with E-state index in [9.17, 15) is 19.4 Å². The Labute approximate surface area is 328 Å². The summed E-state index contributed by atoms with van der Waals surface area (Å²) in [6, 6.07) is -0.844. The van der Waals surface area contributed by atoms with Crippen LogP contribution in [0.25, 0.3) is 0 Å². The molecule has 53 heavy (non-hydrogen) atoms. The smallest absolute Gasteiger partial charge is 0.387 e. The molecule has 8 nitrogen and oxygen atoms in total. The lowest BCUT2D eigenvalue weighted by Crippen LogP contribution is -2.45. The van der Waals surface area contributed by atoms with Crippen LogP contribution in [0.15, 0.2) is 24.3 Å². The highest BCUT2D eigenvalue weighted by Gasteiger charge is 2.27. The first-order valence-electron chi connectivity index (χ1n) is 22.2. The van der Waals surface area contributed by atoms with E-state index in [0.717, 1.165) is 38.5 Å². The van der Waals surface area contributed by atoms with Crippen molar-refractivity contribution >= 4 is 13.7 Å². The van der Waals surface area contributed by atoms with Crippen molar-refractivity contribution in [1.29, 1.82) is 0 Å². The molecule has 3 atom stereocenters. The van der Waals surface area contributed by atoms with Gasteiger partial charge in [0.1, 0.15) is 13.2 Å². The van der Waals surface area contributed by atoms with E-state index in [-0.39, 0.29) is 19.1 Å². The molecule has 3 unspecified atom stereocenters. The molecular weight excluding hydrogens is 683 g/mol. The monoisotopic (exact) mass is 772 g/mol. The minimum atomic E-state index is -4.33. The van der Waals surface area contributed by atoms with E-state index in [2.05, 4.69) is 31.3 Å². The highest BCUT2D eigenvalue weighted by molar-refractivity contribution is 7.47. The molecule has 9 heteroatoms. The molecule has 3 N–H and O–H groups in total. The van der Waals surface area contributed by atoms with Gasteiger partial charge in [0.15, 0.2) is 0 Å². The number of carbonyl (C=O) groups is 1. The summed E-state index contributed by atoms with van der Waals surface area (Å²) in [6.45, 7) is 4.80. The average molecular weight is 772 g/mol. The SMILES string of the molecule is CCCCCCCC/C=C\CCCCCCCCCC(=O)NC(COP(=O)(O)OCC[N+](C)(C)C)C(O)/C=C/CCCCCCCCCCCCCC. The summed E-state index contributed by atoms with van der Waals surface area (Å²) in [5.74, 6) is -0.182. The third kappa shape index (κ3) is 39.0. The number of nitrogens with zero attached hydrogens (tertiary/aromatic N) is 1. The summed E-state index contributed by atoms with van der Waals surface area (Å²) >= 11 is 0.